The Balaban J connectivity index is 2.99. The Morgan fingerprint density at radius 3 is 2.43 bits per heavy atom. The number of hydrogen-bond donors (Lipinski definition) is 1. The third-order valence-corrected chi connectivity index (χ3v) is 2.66. The number of amides is 1. The molecule has 0 bridgehead atoms. The van der Waals surface area contributed by atoms with E-state index in [1.807, 2.05) is 25.1 Å². The van der Waals surface area contributed by atoms with Crippen molar-refractivity contribution < 1.29 is 14.3 Å². The summed E-state index contributed by atoms with van der Waals surface area (Å²) in [6.07, 6.45) is 1.87. The lowest BCUT2D eigenvalue weighted by atomic mass is 10.1. The minimum atomic E-state index is -0.201. The van der Waals surface area contributed by atoms with Crippen LogP contribution in [0.15, 0.2) is 23.3 Å². The van der Waals surface area contributed by atoms with Gasteiger partial charge >= 0.3 is 0 Å². The van der Waals surface area contributed by atoms with Gasteiger partial charge in [-0.3, -0.25) is 4.79 Å². The Kier molecular flexibility index (Phi) is 7.29. The maximum Gasteiger partial charge on any atom is 0.236 e. The van der Waals surface area contributed by atoms with Crippen LogP contribution in [0.2, 0.25) is 0 Å². The number of nitrogens with zero attached hydrogens (tertiary/aromatic N) is 1. The SMILES string of the molecule is CCCOc1ccc(/C(C)=N\NC(C)=O)c(OCCC)c1. The minimum absolute atomic E-state index is 0.201. The zero-order chi connectivity index (χ0) is 15.7. The molecule has 0 atom stereocenters. The number of nitrogens with one attached hydrogen (secondary N) is 1. The largest absolute Gasteiger partial charge is 0.493 e. The Morgan fingerprint density at radius 1 is 1.14 bits per heavy atom. The second kappa shape index (κ2) is 9.00. The van der Waals surface area contributed by atoms with Gasteiger partial charge in [0, 0.05) is 18.6 Å². The van der Waals surface area contributed by atoms with Gasteiger partial charge in [-0.2, -0.15) is 5.10 Å². The average molecular weight is 292 g/mol. The number of carbonyl (C=O) groups excluding carboxylic acids is 1. The molecule has 0 fully saturated rings. The van der Waals surface area contributed by atoms with Crippen LogP contribution in [0.25, 0.3) is 0 Å². The normalized spacial score (nSPS) is 11.1. The summed E-state index contributed by atoms with van der Waals surface area (Å²) in [5.74, 6) is 1.30. The monoisotopic (exact) mass is 292 g/mol. The van der Waals surface area contributed by atoms with Crippen molar-refractivity contribution >= 4 is 11.6 Å². The van der Waals surface area contributed by atoms with Crippen molar-refractivity contribution in [1.29, 1.82) is 0 Å². The van der Waals surface area contributed by atoms with Crippen LogP contribution in [0, 0.1) is 0 Å². The molecule has 1 aromatic carbocycles. The molecule has 0 aliphatic heterocycles. The highest BCUT2D eigenvalue weighted by Crippen LogP contribution is 2.26. The van der Waals surface area contributed by atoms with Crippen molar-refractivity contribution in [3.05, 3.63) is 23.8 Å². The van der Waals surface area contributed by atoms with Gasteiger partial charge in [-0.15, -0.1) is 0 Å². The van der Waals surface area contributed by atoms with Crippen LogP contribution in [0.1, 0.15) is 46.1 Å². The van der Waals surface area contributed by atoms with Gasteiger partial charge < -0.3 is 9.47 Å². The Hall–Kier alpha value is -2.04. The zero-order valence-corrected chi connectivity index (χ0v) is 13.2. The van der Waals surface area contributed by atoms with Crippen molar-refractivity contribution in [2.45, 2.75) is 40.5 Å². The first-order chi connectivity index (χ1) is 10.1. The van der Waals surface area contributed by atoms with Crippen LogP contribution in [0.3, 0.4) is 0 Å². The summed E-state index contributed by atoms with van der Waals surface area (Å²) in [7, 11) is 0. The third-order valence-electron chi connectivity index (χ3n) is 2.66. The second-order valence-corrected chi connectivity index (χ2v) is 4.72. The molecule has 116 valence electrons. The fourth-order valence-corrected chi connectivity index (χ4v) is 1.67. The molecule has 0 saturated heterocycles. The fraction of sp³-hybridized carbons (Fsp3) is 0.500. The lowest BCUT2D eigenvalue weighted by Crippen LogP contribution is -2.15. The molecule has 5 heteroatoms. The zero-order valence-electron chi connectivity index (χ0n) is 13.2. The van der Waals surface area contributed by atoms with Crippen molar-refractivity contribution in [1.82, 2.24) is 5.43 Å². The summed E-state index contributed by atoms with van der Waals surface area (Å²) in [5.41, 5.74) is 3.98. The predicted molar refractivity (Wildman–Crippen MR) is 84.0 cm³/mol. The van der Waals surface area contributed by atoms with E-state index < -0.39 is 0 Å². The van der Waals surface area contributed by atoms with E-state index >= 15 is 0 Å². The molecule has 0 radical (unpaired) electrons. The summed E-state index contributed by atoms with van der Waals surface area (Å²) < 4.78 is 11.4. The van der Waals surface area contributed by atoms with E-state index in [1.54, 1.807) is 0 Å². The smallest absolute Gasteiger partial charge is 0.236 e. The number of carbonyl (C=O) groups is 1. The summed E-state index contributed by atoms with van der Waals surface area (Å²) >= 11 is 0. The summed E-state index contributed by atoms with van der Waals surface area (Å²) in [6, 6.07) is 5.65. The molecule has 0 saturated carbocycles. The van der Waals surface area contributed by atoms with Gasteiger partial charge in [-0.1, -0.05) is 13.8 Å². The molecule has 1 amide bonds. The number of ether oxygens (including phenoxy) is 2. The lowest BCUT2D eigenvalue weighted by Gasteiger charge is -2.13. The third kappa shape index (κ3) is 5.85. The average Bonchev–Trinajstić information content (AvgIpc) is 2.48. The van der Waals surface area contributed by atoms with Crippen molar-refractivity contribution in [3.8, 4) is 11.5 Å². The van der Waals surface area contributed by atoms with E-state index in [0.717, 1.165) is 29.9 Å². The first kappa shape index (κ1) is 17.0. The molecular formula is C16H24N2O3. The van der Waals surface area contributed by atoms with E-state index in [2.05, 4.69) is 24.4 Å². The molecule has 0 aromatic heterocycles. The fourth-order valence-electron chi connectivity index (χ4n) is 1.67. The lowest BCUT2D eigenvalue weighted by molar-refractivity contribution is -0.118. The first-order valence-electron chi connectivity index (χ1n) is 7.29. The molecular weight excluding hydrogens is 268 g/mol. The molecule has 21 heavy (non-hydrogen) atoms. The highest BCUT2D eigenvalue weighted by molar-refractivity contribution is 6.01. The van der Waals surface area contributed by atoms with Gasteiger partial charge in [0.25, 0.3) is 0 Å². The van der Waals surface area contributed by atoms with Gasteiger partial charge in [-0.25, -0.2) is 5.43 Å². The van der Waals surface area contributed by atoms with Gasteiger partial charge in [-0.05, 0) is 31.9 Å². The molecule has 0 unspecified atom stereocenters. The van der Waals surface area contributed by atoms with Gasteiger partial charge in [0.2, 0.25) is 5.91 Å². The number of benzene rings is 1. The number of hydrazone groups is 1. The van der Waals surface area contributed by atoms with E-state index in [-0.39, 0.29) is 5.91 Å². The molecule has 1 aromatic rings. The minimum Gasteiger partial charge on any atom is -0.493 e. The van der Waals surface area contributed by atoms with Crippen LogP contribution in [-0.2, 0) is 4.79 Å². The predicted octanol–water partition coefficient (Wildman–Crippen LogP) is 3.12. The van der Waals surface area contributed by atoms with Crippen LogP contribution in [-0.4, -0.2) is 24.8 Å². The maximum absolute atomic E-state index is 10.9. The summed E-state index contributed by atoms with van der Waals surface area (Å²) in [4.78, 5) is 10.9. The van der Waals surface area contributed by atoms with Crippen LogP contribution in [0.5, 0.6) is 11.5 Å². The number of rotatable bonds is 8. The van der Waals surface area contributed by atoms with E-state index in [1.165, 1.54) is 6.92 Å². The molecule has 1 rings (SSSR count). The van der Waals surface area contributed by atoms with E-state index in [9.17, 15) is 4.79 Å². The van der Waals surface area contributed by atoms with Gasteiger partial charge in [0.1, 0.15) is 11.5 Å². The number of hydrogen-bond acceptors (Lipinski definition) is 4. The molecule has 0 heterocycles. The van der Waals surface area contributed by atoms with E-state index in [4.69, 9.17) is 9.47 Å². The van der Waals surface area contributed by atoms with Crippen LogP contribution < -0.4 is 14.9 Å². The van der Waals surface area contributed by atoms with Crippen LogP contribution in [0.4, 0.5) is 0 Å². The van der Waals surface area contributed by atoms with Crippen LogP contribution >= 0.6 is 0 Å². The standard InChI is InChI=1S/C16H24N2O3/c1-5-9-20-14-7-8-15(12(3)17-18-13(4)19)16(11-14)21-10-6-2/h7-8,11H,5-6,9-10H2,1-4H3,(H,18,19)/b17-12-. The molecule has 0 spiro atoms. The second-order valence-electron chi connectivity index (χ2n) is 4.72. The highest BCUT2D eigenvalue weighted by Gasteiger charge is 2.09. The van der Waals surface area contributed by atoms with E-state index in [0.29, 0.717) is 18.9 Å². The molecule has 5 nitrogen and oxygen atoms in total. The molecule has 0 aliphatic carbocycles. The van der Waals surface area contributed by atoms with Crippen molar-refractivity contribution in [2.75, 3.05) is 13.2 Å². The van der Waals surface area contributed by atoms with Crippen molar-refractivity contribution in [2.24, 2.45) is 5.10 Å². The molecule has 1 N–H and O–H groups in total. The Labute approximate surface area is 126 Å². The van der Waals surface area contributed by atoms with Crippen molar-refractivity contribution in [3.63, 3.8) is 0 Å². The molecule has 0 aliphatic rings. The Morgan fingerprint density at radius 2 is 1.81 bits per heavy atom. The maximum atomic E-state index is 10.9. The first-order valence-corrected chi connectivity index (χ1v) is 7.29. The summed E-state index contributed by atoms with van der Waals surface area (Å²) in [6.45, 7) is 8.66. The topological polar surface area (TPSA) is 59.9 Å². The summed E-state index contributed by atoms with van der Waals surface area (Å²) in [5, 5.41) is 4.05. The highest BCUT2D eigenvalue weighted by atomic mass is 16.5. The Bertz CT molecular complexity index is 498. The van der Waals surface area contributed by atoms with Gasteiger partial charge in [0.15, 0.2) is 0 Å². The quantitative estimate of drug-likeness (QED) is 0.591. The van der Waals surface area contributed by atoms with Gasteiger partial charge in [0.05, 0.1) is 18.9 Å².